The van der Waals surface area contributed by atoms with Crippen molar-refractivity contribution in [3.8, 4) is 0 Å². The maximum absolute atomic E-state index is 12.5. The number of aromatic nitrogens is 2. The van der Waals surface area contributed by atoms with Crippen molar-refractivity contribution in [2.45, 2.75) is 39.7 Å². The molecule has 1 amide bonds. The standard InChI is InChI=1S/C19H26N4O/c1-4-13-23(14-5-2)19(24)17-11-12-18(22-21-17)20-15(3)16-9-7-6-8-10-16/h6-12,15H,4-5,13-14H2,1-3H3,(H,20,22). The van der Waals surface area contributed by atoms with E-state index in [2.05, 4.69) is 48.4 Å². The highest BCUT2D eigenvalue weighted by molar-refractivity contribution is 5.92. The minimum Gasteiger partial charge on any atom is -0.362 e. The van der Waals surface area contributed by atoms with E-state index in [-0.39, 0.29) is 11.9 Å². The van der Waals surface area contributed by atoms with Crippen LogP contribution in [0.15, 0.2) is 42.5 Å². The lowest BCUT2D eigenvalue weighted by Gasteiger charge is -2.21. The van der Waals surface area contributed by atoms with Gasteiger partial charge in [0.1, 0.15) is 5.82 Å². The van der Waals surface area contributed by atoms with Crippen molar-refractivity contribution in [2.75, 3.05) is 18.4 Å². The van der Waals surface area contributed by atoms with Crippen LogP contribution < -0.4 is 5.32 Å². The second-order valence-corrected chi connectivity index (χ2v) is 5.87. The average molecular weight is 326 g/mol. The lowest BCUT2D eigenvalue weighted by Crippen LogP contribution is -2.33. The van der Waals surface area contributed by atoms with Crippen LogP contribution in [-0.4, -0.2) is 34.1 Å². The Balaban J connectivity index is 2.03. The highest BCUT2D eigenvalue weighted by Gasteiger charge is 2.16. The molecule has 1 unspecified atom stereocenters. The molecule has 0 bridgehead atoms. The van der Waals surface area contributed by atoms with Crippen molar-refractivity contribution in [3.63, 3.8) is 0 Å². The minimum absolute atomic E-state index is 0.0474. The van der Waals surface area contributed by atoms with E-state index < -0.39 is 0 Å². The van der Waals surface area contributed by atoms with Gasteiger partial charge in [0.2, 0.25) is 0 Å². The normalized spacial score (nSPS) is 11.8. The van der Waals surface area contributed by atoms with Crippen LogP contribution in [-0.2, 0) is 0 Å². The molecule has 5 heteroatoms. The number of amides is 1. The molecule has 2 aromatic rings. The monoisotopic (exact) mass is 326 g/mol. The van der Waals surface area contributed by atoms with Gasteiger partial charge >= 0.3 is 0 Å². The van der Waals surface area contributed by atoms with E-state index >= 15 is 0 Å². The molecule has 1 atom stereocenters. The zero-order valence-electron chi connectivity index (χ0n) is 14.7. The van der Waals surface area contributed by atoms with Crippen LogP contribution in [0.1, 0.15) is 55.7 Å². The van der Waals surface area contributed by atoms with Gasteiger partial charge in [-0.2, -0.15) is 0 Å². The van der Waals surface area contributed by atoms with Crippen LogP contribution in [0.2, 0.25) is 0 Å². The maximum atomic E-state index is 12.5. The molecule has 1 aromatic heterocycles. The zero-order chi connectivity index (χ0) is 17.4. The van der Waals surface area contributed by atoms with Gasteiger partial charge in [-0.15, -0.1) is 10.2 Å². The third-order valence-corrected chi connectivity index (χ3v) is 3.82. The molecule has 0 aliphatic rings. The molecule has 5 nitrogen and oxygen atoms in total. The molecule has 1 aromatic carbocycles. The third kappa shape index (κ3) is 4.78. The van der Waals surface area contributed by atoms with Crippen LogP contribution in [0.4, 0.5) is 5.82 Å². The lowest BCUT2D eigenvalue weighted by molar-refractivity contribution is 0.0748. The fourth-order valence-corrected chi connectivity index (χ4v) is 2.59. The first-order chi connectivity index (χ1) is 11.7. The van der Waals surface area contributed by atoms with E-state index in [1.54, 1.807) is 6.07 Å². The molecule has 0 aliphatic carbocycles. The van der Waals surface area contributed by atoms with E-state index in [0.29, 0.717) is 11.5 Å². The molecule has 0 spiro atoms. The summed E-state index contributed by atoms with van der Waals surface area (Å²) in [5.41, 5.74) is 1.58. The largest absolute Gasteiger partial charge is 0.362 e. The molecule has 0 saturated heterocycles. The highest BCUT2D eigenvalue weighted by Crippen LogP contribution is 2.17. The van der Waals surface area contributed by atoms with Gasteiger partial charge in [-0.25, -0.2) is 0 Å². The van der Waals surface area contributed by atoms with E-state index in [1.807, 2.05) is 29.2 Å². The zero-order valence-corrected chi connectivity index (χ0v) is 14.7. The van der Waals surface area contributed by atoms with E-state index in [0.717, 1.165) is 25.9 Å². The molecule has 24 heavy (non-hydrogen) atoms. The second-order valence-electron chi connectivity index (χ2n) is 5.87. The first-order valence-corrected chi connectivity index (χ1v) is 8.60. The Labute approximate surface area is 144 Å². The van der Waals surface area contributed by atoms with Crippen molar-refractivity contribution in [3.05, 3.63) is 53.7 Å². The number of anilines is 1. The summed E-state index contributed by atoms with van der Waals surface area (Å²) >= 11 is 0. The fourth-order valence-electron chi connectivity index (χ4n) is 2.59. The van der Waals surface area contributed by atoms with Crippen LogP contribution in [0.25, 0.3) is 0 Å². The maximum Gasteiger partial charge on any atom is 0.274 e. The summed E-state index contributed by atoms with van der Waals surface area (Å²) in [7, 11) is 0. The third-order valence-electron chi connectivity index (χ3n) is 3.82. The molecule has 1 heterocycles. The number of carbonyl (C=O) groups excluding carboxylic acids is 1. The molecule has 2 rings (SSSR count). The summed E-state index contributed by atoms with van der Waals surface area (Å²) in [6.45, 7) is 7.71. The molecular weight excluding hydrogens is 300 g/mol. The van der Waals surface area contributed by atoms with Crippen LogP contribution in [0, 0.1) is 0 Å². The van der Waals surface area contributed by atoms with Crippen molar-refractivity contribution >= 4 is 11.7 Å². The summed E-state index contributed by atoms with van der Waals surface area (Å²) < 4.78 is 0. The first kappa shape index (κ1) is 17.9. The number of rotatable bonds is 8. The average Bonchev–Trinajstić information content (AvgIpc) is 2.62. The number of nitrogens with one attached hydrogen (secondary N) is 1. The Morgan fingerprint density at radius 2 is 1.71 bits per heavy atom. The predicted octanol–water partition coefficient (Wildman–Crippen LogP) is 3.91. The quantitative estimate of drug-likeness (QED) is 0.799. The Bertz CT molecular complexity index is 622. The van der Waals surface area contributed by atoms with Crippen molar-refractivity contribution in [1.82, 2.24) is 15.1 Å². The minimum atomic E-state index is -0.0474. The molecule has 0 aliphatic heterocycles. The topological polar surface area (TPSA) is 58.1 Å². The number of nitrogens with zero attached hydrogens (tertiary/aromatic N) is 3. The SMILES string of the molecule is CCCN(CCC)C(=O)c1ccc(NC(C)c2ccccc2)nn1. The molecule has 0 saturated carbocycles. The Hall–Kier alpha value is -2.43. The number of carbonyl (C=O) groups is 1. The lowest BCUT2D eigenvalue weighted by atomic mass is 10.1. The molecule has 1 N–H and O–H groups in total. The van der Waals surface area contributed by atoms with Gasteiger partial charge in [0.15, 0.2) is 5.69 Å². The molecule has 0 radical (unpaired) electrons. The van der Waals surface area contributed by atoms with E-state index in [1.165, 1.54) is 5.56 Å². The first-order valence-electron chi connectivity index (χ1n) is 8.60. The summed E-state index contributed by atoms with van der Waals surface area (Å²) in [5, 5.41) is 11.6. The Morgan fingerprint density at radius 3 is 2.25 bits per heavy atom. The number of benzene rings is 1. The van der Waals surface area contributed by atoms with Crippen LogP contribution in [0.5, 0.6) is 0 Å². The van der Waals surface area contributed by atoms with Gasteiger partial charge in [0.05, 0.1) is 0 Å². The fraction of sp³-hybridized carbons (Fsp3) is 0.421. The molecular formula is C19H26N4O. The van der Waals surface area contributed by atoms with Crippen LogP contribution in [0.3, 0.4) is 0 Å². The molecule has 128 valence electrons. The van der Waals surface area contributed by atoms with Crippen molar-refractivity contribution in [1.29, 1.82) is 0 Å². The smallest absolute Gasteiger partial charge is 0.274 e. The van der Waals surface area contributed by atoms with Gasteiger partial charge in [0.25, 0.3) is 5.91 Å². The Kier molecular flexibility index (Phi) is 6.73. The van der Waals surface area contributed by atoms with Gasteiger partial charge in [0, 0.05) is 19.1 Å². The number of hydrogen-bond donors (Lipinski definition) is 1. The predicted molar refractivity (Wildman–Crippen MR) is 97.0 cm³/mol. The Morgan fingerprint density at radius 1 is 1.04 bits per heavy atom. The van der Waals surface area contributed by atoms with Gasteiger partial charge in [-0.1, -0.05) is 44.2 Å². The van der Waals surface area contributed by atoms with E-state index in [4.69, 9.17) is 0 Å². The van der Waals surface area contributed by atoms with Crippen molar-refractivity contribution in [2.24, 2.45) is 0 Å². The van der Waals surface area contributed by atoms with Gasteiger partial charge in [-0.05, 0) is 37.5 Å². The van der Waals surface area contributed by atoms with Crippen molar-refractivity contribution < 1.29 is 4.79 Å². The summed E-state index contributed by atoms with van der Waals surface area (Å²) in [6, 6.07) is 13.8. The van der Waals surface area contributed by atoms with Gasteiger partial charge < -0.3 is 10.2 Å². The number of hydrogen-bond acceptors (Lipinski definition) is 4. The van der Waals surface area contributed by atoms with Crippen LogP contribution >= 0.6 is 0 Å². The second kappa shape index (κ2) is 9.01. The summed E-state index contributed by atoms with van der Waals surface area (Å²) in [5.74, 6) is 0.620. The highest BCUT2D eigenvalue weighted by atomic mass is 16.2. The van der Waals surface area contributed by atoms with Gasteiger partial charge in [-0.3, -0.25) is 4.79 Å². The molecule has 0 fully saturated rings. The van der Waals surface area contributed by atoms with E-state index in [9.17, 15) is 4.79 Å². The summed E-state index contributed by atoms with van der Waals surface area (Å²) in [4.78, 5) is 14.3. The summed E-state index contributed by atoms with van der Waals surface area (Å²) in [6.07, 6.45) is 1.88.